The number of carbonyl (C=O) groups excluding carboxylic acids is 1. The molecular weight excluding hydrogens is 316 g/mol. The molecule has 3 aromatic rings. The van der Waals surface area contributed by atoms with Crippen molar-refractivity contribution in [2.24, 2.45) is 0 Å². The van der Waals surface area contributed by atoms with E-state index in [2.05, 4.69) is 23.0 Å². The predicted molar refractivity (Wildman–Crippen MR) is 98.0 cm³/mol. The van der Waals surface area contributed by atoms with Gasteiger partial charge in [-0.15, -0.1) is 0 Å². The van der Waals surface area contributed by atoms with Gasteiger partial charge in [0, 0.05) is 34.5 Å². The number of aromatic nitrogens is 2. The first-order chi connectivity index (χ1) is 12.1. The number of carboxylic acids is 1. The number of rotatable bonds is 8. The first-order valence-electron chi connectivity index (χ1n) is 8.74. The minimum absolute atomic E-state index is 0.0176. The third-order valence-electron chi connectivity index (χ3n) is 4.46. The molecule has 5 heteroatoms. The van der Waals surface area contributed by atoms with Crippen LogP contribution in [0.5, 0.6) is 0 Å². The normalized spacial score (nSPS) is 11.2. The van der Waals surface area contributed by atoms with Gasteiger partial charge < -0.3 is 10.1 Å². The van der Waals surface area contributed by atoms with Crippen molar-refractivity contribution in [3.63, 3.8) is 0 Å². The molecule has 2 N–H and O–H groups in total. The Bertz CT molecular complexity index is 927. The number of hydrogen-bond donors (Lipinski definition) is 2. The van der Waals surface area contributed by atoms with Crippen LogP contribution in [-0.2, 0) is 11.2 Å². The molecule has 0 amide bonds. The van der Waals surface area contributed by atoms with Gasteiger partial charge in [-0.05, 0) is 42.7 Å². The molecule has 1 aromatic carbocycles. The molecule has 2 heterocycles. The number of H-pyrrole nitrogens is 1. The minimum Gasteiger partial charge on any atom is -0.481 e. The Labute approximate surface area is 146 Å². The summed E-state index contributed by atoms with van der Waals surface area (Å²) < 4.78 is 0. The molecule has 0 fully saturated rings. The maximum absolute atomic E-state index is 12.2. The predicted octanol–water partition coefficient (Wildman–Crippen LogP) is 4.50. The monoisotopic (exact) mass is 338 g/mol. The second kappa shape index (κ2) is 7.47. The molecular formula is C20H22N2O3. The van der Waals surface area contributed by atoms with Crippen molar-refractivity contribution in [3.8, 4) is 0 Å². The average Bonchev–Trinajstić information content (AvgIpc) is 2.97. The van der Waals surface area contributed by atoms with Crippen LogP contribution in [0.25, 0.3) is 21.9 Å². The fourth-order valence-electron chi connectivity index (χ4n) is 3.07. The number of nitrogens with one attached hydrogen (secondary N) is 1. The molecule has 0 saturated heterocycles. The quantitative estimate of drug-likeness (QED) is 0.468. The number of carbonyl (C=O) groups is 2. The SMILES string of the molecule is CCCCCc1cnc2[nH]c3ccc(C(=O)CCC(=O)O)cc3c2c1. The number of aryl methyl sites for hydroxylation is 1. The molecule has 0 unspecified atom stereocenters. The number of ketones is 1. The number of nitrogens with zero attached hydrogens (tertiary/aromatic N) is 1. The Morgan fingerprint density at radius 2 is 1.96 bits per heavy atom. The van der Waals surface area contributed by atoms with Gasteiger partial charge in [-0.3, -0.25) is 9.59 Å². The van der Waals surface area contributed by atoms with Crippen molar-refractivity contribution < 1.29 is 14.7 Å². The largest absolute Gasteiger partial charge is 0.481 e. The summed E-state index contributed by atoms with van der Waals surface area (Å²) in [5, 5.41) is 10.7. The fourth-order valence-corrected chi connectivity index (χ4v) is 3.07. The number of pyridine rings is 1. The van der Waals surface area contributed by atoms with E-state index in [4.69, 9.17) is 5.11 Å². The molecule has 0 radical (unpaired) electrons. The highest BCUT2D eigenvalue weighted by molar-refractivity contribution is 6.09. The van der Waals surface area contributed by atoms with Crippen LogP contribution >= 0.6 is 0 Å². The zero-order chi connectivity index (χ0) is 17.8. The third kappa shape index (κ3) is 3.87. The molecule has 5 nitrogen and oxygen atoms in total. The van der Waals surface area contributed by atoms with Crippen LogP contribution in [-0.4, -0.2) is 26.8 Å². The molecule has 3 rings (SSSR count). The van der Waals surface area contributed by atoms with Gasteiger partial charge in [-0.25, -0.2) is 4.98 Å². The maximum Gasteiger partial charge on any atom is 0.303 e. The second-order valence-electron chi connectivity index (χ2n) is 6.40. The minimum atomic E-state index is -0.956. The number of benzene rings is 1. The smallest absolute Gasteiger partial charge is 0.303 e. The zero-order valence-corrected chi connectivity index (χ0v) is 14.3. The van der Waals surface area contributed by atoms with E-state index in [0.717, 1.165) is 34.8 Å². The van der Waals surface area contributed by atoms with Crippen LogP contribution in [0, 0.1) is 0 Å². The molecule has 0 spiro atoms. The van der Waals surface area contributed by atoms with Gasteiger partial charge in [0.15, 0.2) is 5.78 Å². The first kappa shape index (κ1) is 17.1. The lowest BCUT2D eigenvalue weighted by molar-refractivity contribution is -0.136. The van der Waals surface area contributed by atoms with Gasteiger partial charge in [0.25, 0.3) is 0 Å². The number of carboxylic acid groups (broad SMARTS) is 1. The van der Waals surface area contributed by atoms with Crippen molar-refractivity contribution in [1.82, 2.24) is 9.97 Å². The molecule has 25 heavy (non-hydrogen) atoms. The van der Waals surface area contributed by atoms with Gasteiger partial charge in [-0.1, -0.05) is 19.8 Å². The van der Waals surface area contributed by atoms with E-state index in [1.807, 2.05) is 18.3 Å². The van der Waals surface area contributed by atoms with Crippen LogP contribution in [0.1, 0.15) is 54.9 Å². The van der Waals surface area contributed by atoms with E-state index in [1.165, 1.54) is 18.4 Å². The lowest BCUT2D eigenvalue weighted by Gasteiger charge is -2.02. The van der Waals surface area contributed by atoms with Gasteiger partial charge >= 0.3 is 5.97 Å². The Hall–Kier alpha value is -2.69. The van der Waals surface area contributed by atoms with Crippen molar-refractivity contribution in [2.75, 3.05) is 0 Å². The van der Waals surface area contributed by atoms with E-state index >= 15 is 0 Å². The van der Waals surface area contributed by atoms with Crippen LogP contribution in [0.2, 0.25) is 0 Å². The Morgan fingerprint density at radius 3 is 2.72 bits per heavy atom. The Morgan fingerprint density at radius 1 is 1.12 bits per heavy atom. The Balaban J connectivity index is 1.93. The summed E-state index contributed by atoms with van der Waals surface area (Å²) in [6.07, 6.45) is 6.31. The zero-order valence-electron chi connectivity index (χ0n) is 14.3. The number of Topliss-reactive ketones (excluding diaryl/α,β-unsaturated/α-hetero) is 1. The van der Waals surface area contributed by atoms with Crippen LogP contribution < -0.4 is 0 Å². The molecule has 0 aliphatic heterocycles. The third-order valence-corrected chi connectivity index (χ3v) is 4.46. The summed E-state index contributed by atoms with van der Waals surface area (Å²) in [6, 6.07) is 7.59. The summed E-state index contributed by atoms with van der Waals surface area (Å²) >= 11 is 0. The lowest BCUT2D eigenvalue weighted by Crippen LogP contribution is -2.03. The molecule has 0 saturated carbocycles. The number of fused-ring (bicyclic) bond motifs is 3. The summed E-state index contributed by atoms with van der Waals surface area (Å²) in [7, 11) is 0. The van der Waals surface area contributed by atoms with E-state index < -0.39 is 5.97 Å². The van der Waals surface area contributed by atoms with Gasteiger partial charge in [0.1, 0.15) is 5.65 Å². The highest BCUT2D eigenvalue weighted by Gasteiger charge is 2.12. The molecule has 0 aliphatic rings. The van der Waals surface area contributed by atoms with E-state index in [0.29, 0.717) is 5.56 Å². The fraction of sp³-hybridized carbons (Fsp3) is 0.350. The summed E-state index contributed by atoms with van der Waals surface area (Å²) in [5.41, 5.74) is 3.49. The molecule has 0 bridgehead atoms. The van der Waals surface area contributed by atoms with Crippen molar-refractivity contribution in [3.05, 3.63) is 41.6 Å². The highest BCUT2D eigenvalue weighted by atomic mass is 16.4. The van der Waals surface area contributed by atoms with E-state index in [-0.39, 0.29) is 18.6 Å². The standard InChI is InChI=1S/C20H22N2O3/c1-2-3-4-5-13-10-16-15-11-14(18(23)8-9-19(24)25)6-7-17(15)22-20(16)21-12-13/h6-7,10-12H,2-5,8-9H2,1H3,(H,21,22)(H,24,25). The van der Waals surface area contributed by atoms with Crippen LogP contribution in [0.3, 0.4) is 0 Å². The van der Waals surface area contributed by atoms with Gasteiger partial charge in [0.05, 0.1) is 6.42 Å². The van der Waals surface area contributed by atoms with Crippen molar-refractivity contribution in [1.29, 1.82) is 0 Å². The molecule has 2 aromatic heterocycles. The first-order valence-corrected chi connectivity index (χ1v) is 8.74. The van der Waals surface area contributed by atoms with E-state index in [9.17, 15) is 9.59 Å². The van der Waals surface area contributed by atoms with Crippen molar-refractivity contribution in [2.45, 2.75) is 45.4 Å². The maximum atomic E-state index is 12.2. The van der Waals surface area contributed by atoms with Crippen LogP contribution in [0.15, 0.2) is 30.5 Å². The van der Waals surface area contributed by atoms with Crippen LogP contribution in [0.4, 0.5) is 0 Å². The average molecular weight is 338 g/mol. The summed E-state index contributed by atoms with van der Waals surface area (Å²) in [5.74, 6) is -1.10. The molecule has 130 valence electrons. The Kier molecular flexibility index (Phi) is 5.12. The highest BCUT2D eigenvalue weighted by Crippen LogP contribution is 2.27. The van der Waals surface area contributed by atoms with Crippen molar-refractivity contribution >= 4 is 33.7 Å². The van der Waals surface area contributed by atoms with Gasteiger partial charge in [0.2, 0.25) is 0 Å². The summed E-state index contributed by atoms with van der Waals surface area (Å²) in [4.78, 5) is 30.6. The number of unbranched alkanes of at least 4 members (excludes halogenated alkanes) is 2. The summed E-state index contributed by atoms with van der Waals surface area (Å²) in [6.45, 7) is 2.18. The van der Waals surface area contributed by atoms with E-state index in [1.54, 1.807) is 6.07 Å². The molecule has 0 atom stereocenters. The second-order valence-corrected chi connectivity index (χ2v) is 6.40. The number of aliphatic carboxylic acids is 1. The lowest BCUT2D eigenvalue weighted by atomic mass is 10.0. The molecule has 0 aliphatic carbocycles. The topological polar surface area (TPSA) is 83.0 Å². The number of aromatic amines is 1. The number of hydrogen-bond acceptors (Lipinski definition) is 3. The van der Waals surface area contributed by atoms with Gasteiger partial charge in [-0.2, -0.15) is 0 Å².